The highest BCUT2D eigenvalue weighted by molar-refractivity contribution is 5.87. The van der Waals surface area contributed by atoms with Gasteiger partial charge >= 0.3 is 0 Å². The van der Waals surface area contributed by atoms with E-state index in [1.807, 2.05) is 31.2 Å². The lowest BCUT2D eigenvalue weighted by Crippen LogP contribution is -2.12. The Morgan fingerprint density at radius 3 is 2.89 bits per heavy atom. The lowest BCUT2D eigenvalue weighted by molar-refractivity contribution is 0.212. The fourth-order valence-corrected chi connectivity index (χ4v) is 1.99. The van der Waals surface area contributed by atoms with E-state index in [1.54, 1.807) is 6.20 Å². The van der Waals surface area contributed by atoms with Gasteiger partial charge in [-0.2, -0.15) is 5.26 Å². The lowest BCUT2D eigenvalue weighted by atomic mass is 10.1. The molecule has 1 aromatic carbocycles. The van der Waals surface area contributed by atoms with E-state index in [-0.39, 0.29) is 6.10 Å². The SMILES string of the molecule is CCCC(C)Oc1c(C#N)cnc2ccccc12. The van der Waals surface area contributed by atoms with Gasteiger partial charge in [0.15, 0.2) is 0 Å². The zero-order valence-corrected chi connectivity index (χ0v) is 10.7. The van der Waals surface area contributed by atoms with Crippen molar-refractivity contribution >= 4 is 10.9 Å². The Hall–Kier alpha value is -2.08. The summed E-state index contributed by atoms with van der Waals surface area (Å²) >= 11 is 0. The van der Waals surface area contributed by atoms with Crippen LogP contribution in [0.2, 0.25) is 0 Å². The quantitative estimate of drug-likeness (QED) is 0.819. The third-order valence-electron chi connectivity index (χ3n) is 2.86. The van der Waals surface area contributed by atoms with Gasteiger partial charge in [0, 0.05) is 11.6 Å². The van der Waals surface area contributed by atoms with Crippen LogP contribution in [0.3, 0.4) is 0 Å². The third-order valence-corrected chi connectivity index (χ3v) is 2.86. The molecular weight excluding hydrogens is 224 g/mol. The van der Waals surface area contributed by atoms with Crippen molar-refractivity contribution in [3.05, 3.63) is 36.0 Å². The summed E-state index contributed by atoms with van der Waals surface area (Å²) in [4.78, 5) is 4.26. The molecule has 1 heterocycles. The fraction of sp³-hybridized carbons (Fsp3) is 0.333. The van der Waals surface area contributed by atoms with Gasteiger partial charge in [0.2, 0.25) is 0 Å². The number of benzene rings is 1. The average molecular weight is 240 g/mol. The smallest absolute Gasteiger partial charge is 0.148 e. The van der Waals surface area contributed by atoms with Crippen molar-refractivity contribution in [1.29, 1.82) is 5.26 Å². The molecule has 1 aromatic heterocycles. The van der Waals surface area contributed by atoms with Crippen LogP contribution in [0.4, 0.5) is 0 Å². The maximum Gasteiger partial charge on any atom is 0.148 e. The van der Waals surface area contributed by atoms with Crippen molar-refractivity contribution in [2.45, 2.75) is 32.8 Å². The van der Waals surface area contributed by atoms with Gasteiger partial charge in [-0.05, 0) is 25.5 Å². The molecule has 0 saturated heterocycles. The standard InChI is InChI=1S/C15H16N2O/c1-3-6-11(2)18-15-12(9-16)10-17-14-8-5-4-7-13(14)15/h4-5,7-8,10-11H,3,6H2,1-2H3. The van der Waals surface area contributed by atoms with Crippen molar-refractivity contribution in [1.82, 2.24) is 4.98 Å². The molecule has 1 unspecified atom stereocenters. The number of para-hydroxylation sites is 1. The van der Waals surface area contributed by atoms with Crippen LogP contribution in [0.25, 0.3) is 10.9 Å². The monoisotopic (exact) mass is 240 g/mol. The molecule has 2 rings (SSSR count). The predicted molar refractivity (Wildman–Crippen MR) is 71.5 cm³/mol. The van der Waals surface area contributed by atoms with E-state index in [4.69, 9.17) is 10.00 Å². The molecule has 0 aliphatic heterocycles. The van der Waals surface area contributed by atoms with Crippen LogP contribution in [0.1, 0.15) is 32.3 Å². The van der Waals surface area contributed by atoms with Gasteiger partial charge in [-0.15, -0.1) is 0 Å². The number of fused-ring (bicyclic) bond motifs is 1. The van der Waals surface area contributed by atoms with Crippen molar-refractivity contribution in [3.63, 3.8) is 0 Å². The summed E-state index contributed by atoms with van der Waals surface area (Å²) in [6, 6.07) is 9.88. The summed E-state index contributed by atoms with van der Waals surface area (Å²) < 4.78 is 5.93. The Kier molecular flexibility index (Phi) is 3.78. The second kappa shape index (κ2) is 5.50. The maximum absolute atomic E-state index is 9.15. The Morgan fingerprint density at radius 1 is 1.39 bits per heavy atom. The number of nitrogens with zero attached hydrogens (tertiary/aromatic N) is 2. The summed E-state index contributed by atoms with van der Waals surface area (Å²) in [7, 11) is 0. The molecule has 0 bridgehead atoms. The molecule has 0 aliphatic rings. The van der Waals surface area contributed by atoms with Gasteiger partial charge in [0.1, 0.15) is 17.4 Å². The number of pyridine rings is 1. The molecule has 0 N–H and O–H groups in total. The molecule has 0 fully saturated rings. The second-order valence-corrected chi connectivity index (χ2v) is 4.35. The predicted octanol–water partition coefficient (Wildman–Crippen LogP) is 3.67. The van der Waals surface area contributed by atoms with E-state index in [0.29, 0.717) is 11.3 Å². The second-order valence-electron chi connectivity index (χ2n) is 4.35. The first-order valence-corrected chi connectivity index (χ1v) is 6.20. The Labute approximate surface area is 107 Å². The minimum absolute atomic E-state index is 0.105. The van der Waals surface area contributed by atoms with Crippen LogP contribution in [0.5, 0.6) is 5.75 Å². The van der Waals surface area contributed by atoms with Crippen molar-refractivity contribution < 1.29 is 4.74 Å². The molecule has 0 saturated carbocycles. The summed E-state index contributed by atoms with van der Waals surface area (Å²) in [5.41, 5.74) is 1.35. The van der Waals surface area contributed by atoms with Crippen LogP contribution in [0.15, 0.2) is 30.5 Å². The topological polar surface area (TPSA) is 45.9 Å². The molecular formula is C15H16N2O. The van der Waals surface area contributed by atoms with E-state index >= 15 is 0 Å². The number of aromatic nitrogens is 1. The highest BCUT2D eigenvalue weighted by Gasteiger charge is 2.12. The van der Waals surface area contributed by atoms with Gasteiger partial charge in [-0.25, -0.2) is 0 Å². The minimum atomic E-state index is 0.105. The molecule has 92 valence electrons. The van der Waals surface area contributed by atoms with E-state index in [2.05, 4.69) is 18.0 Å². The van der Waals surface area contributed by atoms with Crippen LogP contribution in [-0.4, -0.2) is 11.1 Å². The largest absolute Gasteiger partial charge is 0.489 e. The van der Waals surface area contributed by atoms with Gasteiger partial charge in [0.25, 0.3) is 0 Å². The Morgan fingerprint density at radius 2 is 2.17 bits per heavy atom. The highest BCUT2D eigenvalue weighted by atomic mass is 16.5. The van der Waals surface area contributed by atoms with Crippen LogP contribution in [-0.2, 0) is 0 Å². The molecule has 2 aromatic rings. The number of nitriles is 1. The van der Waals surface area contributed by atoms with E-state index < -0.39 is 0 Å². The molecule has 0 spiro atoms. The summed E-state index contributed by atoms with van der Waals surface area (Å²) in [5, 5.41) is 10.1. The zero-order chi connectivity index (χ0) is 13.0. The first-order chi connectivity index (χ1) is 8.76. The van der Waals surface area contributed by atoms with Crippen molar-refractivity contribution in [2.24, 2.45) is 0 Å². The van der Waals surface area contributed by atoms with Gasteiger partial charge < -0.3 is 4.74 Å². The van der Waals surface area contributed by atoms with Gasteiger partial charge in [0.05, 0.1) is 11.6 Å². The maximum atomic E-state index is 9.15. The summed E-state index contributed by atoms with van der Waals surface area (Å²) in [6.45, 7) is 4.15. The van der Waals surface area contributed by atoms with E-state index in [1.165, 1.54) is 0 Å². The molecule has 3 heteroatoms. The Bertz CT molecular complexity index is 587. The first kappa shape index (κ1) is 12.4. The minimum Gasteiger partial charge on any atom is -0.489 e. The van der Waals surface area contributed by atoms with Crippen molar-refractivity contribution in [2.75, 3.05) is 0 Å². The number of hydrogen-bond donors (Lipinski definition) is 0. The molecule has 3 nitrogen and oxygen atoms in total. The molecule has 0 aliphatic carbocycles. The first-order valence-electron chi connectivity index (χ1n) is 6.20. The van der Waals surface area contributed by atoms with Gasteiger partial charge in [-0.3, -0.25) is 4.98 Å². The summed E-state index contributed by atoms with van der Waals surface area (Å²) in [6.07, 6.45) is 3.72. The lowest BCUT2D eigenvalue weighted by Gasteiger charge is -2.16. The molecule has 0 amide bonds. The highest BCUT2D eigenvalue weighted by Crippen LogP contribution is 2.29. The average Bonchev–Trinajstić information content (AvgIpc) is 2.39. The summed E-state index contributed by atoms with van der Waals surface area (Å²) in [5.74, 6) is 0.657. The van der Waals surface area contributed by atoms with Gasteiger partial charge in [-0.1, -0.05) is 25.5 Å². The third kappa shape index (κ3) is 2.43. The van der Waals surface area contributed by atoms with E-state index in [0.717, 1.165) is 23.7 Å². The molecule has 18 heavy (non-hydrogen) atoms. The van der Waals surface area contributed by atoms with E-state index in [9.17, 15) is 0 Å². The number of rotatable bonds is 4. The van der Waals surface area contributed by atoms with Crippen LogP contribution < -0.4 is 4.74 Å². The normalized spacial score (nSPS) is 12.1. The van der Waals surface area contributed by atoms with Crippen LogP contribution >= 0.6 is 0 Å². The number of ether oxygens (including phenoxy) is 1. The molecule has 0 radical (unpaired) electrons. The fourth-order valence-electron chi connectivity index (χ4n) is 1.99. The Balaban J connectivity index is 2.48. The number of hydrogen-bond acceptors (Lipinski definition) is 3. The molecule has 1 atom stereocenters. The van der Waals surface area contributed by atoms with Crippen LogP contribution in [0, 0.1) is 11.3 Å². The zero-order valence-electron chi connectivity index (χ0n) is 10.7. The van der Waals surface area contributed by atoms with Crippen molar-refractivity contribution in [3.8, 4) is 11.8 Å².